The van der Waals surface area contributed by atoms with Gasteiger partial charge in [0, 0.05) is 0 Å². The van der Waals surface area contributed by atoms with Gasteiger partial charge in [0.05, 0.1) is 12.1 Å². The lowest BCUT2D eigenvalue weighted by molar-refractivity contribution is 0.430. The molecular weight excluding hydrogens is 272 g/mol. The number of fused-ring (bicyclic) bond motifs is 1. The molecule has 1 aromatic heterocycles. The molecule has 1 N–H and O–H groups in total. The summed E-state index contributed by atoms with van der Waals surface area (Å²) in [5, 5.41) is 7.91. The summed E-state index contributed by atoms with van der Waals surface area (Å²) in [6, 6.07) is 19.7. The van der Waals surface area contributed by atoms with Crippen molar-refractivity contribution in [2.24, 2.45) is 0 Å². The topological polar surface area (TPSA) is 42.7 Å². The van der Waals surface area contributed by atoms with E-state index in [1.54, 1.807) is 6.33 Å². The Kier molecular flexibility index (Phi) is 3.15. The predicted molar refractivity (Wildman–Crippen MR) is 86.8 cm³/mol. The van der Waals surface area contributed by atoms with Crippen molar-refractivity contribution in [3.63, 3.8) is 0 Å². The van der Waals surface area contributed by atoms with Gasteiger partial charge in [0.2, 0.25) is 5.95 Å². The second-order valence-electron chi connectivity index (χ2n) is 5.80. The first-order valence-corrected chi connectivity index (χ1v) is 7.59. The Morgan fingerprint density at radius 2 is 1.86 bits per heavy atom. The summed E-state index contributed by atoms with van der Waals surface area (Å²) >= 11 is 0. The summed E-state index contributed by atoms with van der Waals surface area (Å²) in [5.41, 5.74) is 3.84. The molecule has 4 nitrogen and oxygen atoms in total. The van der Waals surface area contributed by atoms with Crippen LogP contribution < -0.4 is 5.32 Å². The molecule has 4 rings (SSSR count). The number of aromatic nitrogens is 3. The monoisotopic (exact) mass is 290 g/mol. The highest BCUT2D eigenvalue weighted by molar-refractivity contribution is 5.38. The number of nitrogens with one attached hydrogen (secondary N) is 1. The number of benzene rings is 2. The summed E-state index contributed by atoms with van der Waals surface area (Å²) in [4.78, 5) is 4.37. The van der Waals surface area contributed by atoms with Crippen LogP contribution >= 0.6 is 0 Å². The van der Waals surface area contributed by atoms with Crippen molar-refractivity contribution in [2.75, 3.05) is 5.32 Å². The first kappa shape index (κ1) is 13.1. The van der Waals surface area contributed by atoms with Gasteiger partial charge in [-0.1, -0.05) is 60.2 Å². The van der Waals surface area contributed by atoms with Gasteiger partial charge in [0.15, 0.2) is 0 Å². The average molecular weight is 290 g/mol. The fourth-order valence-corrected chi connectivity index (χ4v) is 3.18. The van der Waals surface area contributed by atoms with Crippen LogP contribution in [0.15, 0.2) is 60.9 Å². The van der Waals surface area contributed by atoms with E-state index in [0.29, 0.717) is 0 Å². The van der Waals surface area contributed by atoms with E-state index < -0.39 is 0 Å². The molecule has 0 aliphatic carbocycles. The van der Waals surface area contributed by atoms with Gasteiger partial charge in [0.25, 0.3) is 0 Å². The van der Waals surface area contributed by atoms with E-state index in [0.717, 1.165) is 12.4 Å². The maximum Gasteiger partial charge on any atom is 0.222 e. The molecule has 4 heteroatoms. The molecule has 0 saturated carbocycles. The zero-order valence-corrected chi connectivity index (χ0v) is 12.5. The van der Waals surface area contributed by atoms with Crippen molar-refractivity contribution in [3.05, 3.63) is 77.6 Å². The smallest absolute Gasteiger partial charge is 0.222 e. The van der Waals surface area contributed by atoms with E-state index in [9.17, 15) is 0 Å². The molecule has 0 unspecified atom stereocenters. The molecule has 2 atom stereocenters. The highest BCUT2D eigenvalue weighted by atomic mass is 15.4. The minimum Gasteiger partial charge on any atom is -0.348 e. The normalized spacial score (nSPS) is 20.2. The molecule has 3 aromatic rings. The summed E-state index contributed by atoms with van der Waals surface area (Å²) in [5.74, 6) is 0.839. The van der Waals surface area contributed by atoms with Crippen LogP contribution in [-0.2, 0) is 0 Å². The Morgan fingerprint density at radius 3 is 2.68 bits per heavy atom. The van der Waals surface area contributed by atoms with Crippen LogP contribution in [0, 0.1) is 6.92 Å². The van der Waals surface area contributed by atoms with Gasteiger partial charge in [-0.2, -0.15) is 10.1 Å². The number of rotatable bonds is 2. The maximum absolute atomic E-state index is 4.42. The molecule has 0 radical (unpaired) electrons. The lowest BCUT2D eigenvalue weighted by atomic mass is 9.93. The minimum absolute atomic E-state index is 0.212. The van der Waals surface area contributed by atoms with Crippen LogP contribution in [0.25, 0.3) is 0 Å². The highest BCUT2D eigenvalue weighted by Gasteiger charge is 2.29. The van der Waals surface area contributed by atoms with Gasteiger partial charge in [-0.25, -0.2) is 4.68 Å². The second kappa shape index (κ2) is 5.30. The second-order valence-corrected chi connectivity index (χ2v) is 5.80. The third-order valence-electron chi connectivity index (χ3n) is 4.26. The molecular formula is C18H18N4. The summed E-state index contributed by atoms with van der Waals surface area (Å²) in [6.07, 6.45) is 2.59. The van der Waals surface area contributed by atoms with E-state index in [1.165, 1.54) is 16.7 Å². The zero-order valence-electron chi connectivity index (χ0n) is 12.5. The third-order valence-corrected chi connectivity index (χ3v) is 4.26. The van der Waals surface area contributed by atoms with Gasteiger partial charge < -0.3 is 5.32 Å². The number of aryl methyl sites for hydroxylation is 1. The molecule has 0 fully saturated rings. The fourth-order valence-electron chi connectivity index (χ4n) is 3.18. The lowest BCUT2D eigenvalue weighted by Gasteiger charge is -2.32. The van der Waals surface area contributed by atoms with Gasteiger partial charge >= 0.3 is 0 Å². The van der Waals surface area contributed by atoms with Crippen molar-refractivity contribution in [1.29, 1.82) is 0 Å². The number of hydrogen-bond acceptors (Lipinski definition) is 3. The van der Waals surface area contributed by atoms with E-state index in [2.05, 4.69) is 70.9 Å². The first-order chi connectivity index (χ1) is 10.8. The largest absolute Gasteiger partial charge is 0.348 e. The van der Waals surface area contributed by atoms with Crippen LogP contribution in [0.5, 0.6) is 0 Å². The highest BCUT2D eigenvalue weighted by Crippen LogP contribution is 2.37. The van der Waals surface area contributed by atoms with Crippen LogP contribution in [0.3, 0.4) is 0 Å². The summed E-state index contributed by atoms with van der Waals surface area (Å²) in [6.45, 7) is 2.13. The zero-order chi connectivity index (χ0) is 14.9. The molecule has 0 saturated heterocycles. The Labute approximate surface area is 129 Å². The molecule has 22 heavy (non-hydrogen) atoms. The number of hydrogen-bond donors (Lipinski definition) is 1. The Morgan fingerprint density at radius 1 is 1.05 bits per heavy atom. The molecule has 2 heterocycles. The molecule has 0 spiro atoms. The minimum atomic E-state index is 0.212. The Hall–Kier alpha value is -2.62. The number of nitrogens with zero attached hydrogens (tertiary/aromatic N) is 3. The van der Waals surface area contributed by atoms with Crippen molar-refractivity contribution >= 4 is 5.95 Å². The van der Waals surface area contributed by atoms with Crippen LogP contribution in [0.1, 0.15) is 35.2 Å². The maximum atomic E-state index is 4.42. The molecule has 1 aliphatic rings. The van der Waals surface area contributed by atoms with E-state index in [4.69, 9.17) is 0 Å². The average Bonchev–Trinajstić information content (AvgIpc) is 3.03. The number of anilines is 1. The van der Waals surface area contributed by atoms with E-state index in [1.807, 2.05) is 10.7 Å². The Bertz CT molecular complexity index is 779. The SMILES string of the molecule is Cc1cccc([C@@H]2C[C@H](c3ccccc3)Nc3ncnn32)c1. The lowest BCUT2D eigenvalue weighted by Crippen LogP contribution is -2.28. The van der Waals surface area contributed by atoms with Crippen LogP contribution in [0.4, 0.5) is 5.95 Å². The molecule has 0 amide bonds. The Balaban J connectivity index is 1.75. The summed E-state index contributed by atoms with van der Waals surface area (Å²) < 4.78 is 1.99. The van der Waals surface area contributed by atoms with E-state index >= 15 is 0 Å². The van der Waals surface area contributed by atoms with Gasteiger partial charge in [-0.15, -0.1) is 0 Å². The van der Waals surface area contributed by atoms with Crippen LogP contribution in [0.2, 0.25) is 0 Å². The van der Waals surface area contributed by atoms with Gasteiger partial charge in [0.1, 0.15) is 6.33 Å². The molecule has 2 aromatic carbocycles. The fraction of sp³-hybridized carbons (Fsp3) is 0.222. The first-order valence-electron chi connectivity index (χ1n) is 7.59. The van der Waals surface area contributed by atoms with Crippen molar-refractivity contribution in [1.82, 2.24) is 14.8 Å². The van der Waals surface area contributed by atoms with Crippen LogP contribution in [-0.4, -0.2) is 14.8 Å². The van der Waals surface area contributed by atoms with E-state index in [-0.39, 0.29) is 12.1 Å². The van der Waals surface area contributed by atoms with Crippen molar-refractivity contribution < 1.29 is 0 Å². The third kappa shape index (κ3) is 2.26. The quantitative estimate of drug-likeness (QED) is 0.782. The summed E-state index contributed by atoms with van der Waals surface area (Å²) in [7, 11) is 0. The van der Waals surface area contributed by atoms with Gasteiger partial charge in [-0.3, -0.25) is 0 Å². The van der Waals surface area contributed by atoms with Crippen molar-refractivity contribution in [3.8, 4) is 0 Å². The van der Waals surface area contributed by atoms with Gasteiger partial charge in [-0.05, 0) is 24.5 Å². The molecule has 110 valence electrons. The predicted octanol–water partition coefficient (Wildman–Crippen LogP) is 3.73. The standard InChI is InChI=1S/C18H18N4/c1-13-6-5-9-15(10-13)17-11-16(14-7-3-2-4-8-14)21-18-19-12-20-22(17)18/h2-10,12,16-17H,11H2,1H3,(H,19,20,21)/t16-,17+/m1/s1. The molecule has 0 bridgehead atoms. The molecule has 1 aliphatic heterocycles. The van der Waals surface area contributed by atoms with Crippen molar-refractivity contribution in [2.45, 2.75) is 25.4 Å².